The minimum Gasteiger partial charge on any atom is -0.347 e. The van der Waals surface area contributed by atoms with Crippen molar-refractivity contribution in [3.05, 3.63) is 89.9 Å². The Morgan fingerprint density at radius 1 is 1.16 bits per heavy atom. The molecule has 2 N–H and O–H groups in total. The third-order valence-corrected chi connectivity index (χ3v) is 4.38. The number of benzene rings is 1. The fraction of sp³-hybridized carbons (Fsp3) is 0.200. The molecule has 0 aliphatic carbocycles. The molecular weight excluding hydrogens is 310 g/mol. The Morgan fingerprint density at radius 2 is 2.04 bits per heavy atom. The van der Waals surface area contributed by atoms with Crippen molar-refractivity contribution < 1.29 is 0 Å². The number of aryl methyl sites for hydroxylation is 1. The van der Waals surface area contributed by atoms with Crippen LogP contribution in [0.25, 0.3) is 5.65 Å². The number of aromatic nitrogens is 4. The number of nitrogens with zero attached hydrogens (tertiary/aromatic N) is 3. The van der Waals surface area contributed by atoms with E-state index >= 15 is 0 Å². The third-order valence-electron chi connectivity index (χ3n) is 4.38. The zero-order valence-corrected chi connectivity index (χ0v) is 14.2. The molecule has 4 rings (SSSR count). The summed E-state index contributed by atoms with van der Waals surface area (Å²) in [5, 5.41) is 3.60. The average molecular weight is 331 g/mol. The van der Waals surface area contributed by atoms with E-state index in [1.165, 1.54) is 11.1 Å². The molecule has 0 amide bonds. The fourth-order valence-electron chi connectivity index (χ4n) is 3.12. The first-order chi connectivity index (χ1) is 12.3. The number of hydrogen-bond donors (Lipinski definition) is 2. The van der Waals surface area contributed by atoms with Gasteiger partial charge in [0.25, 0.3) is 0 Å². The second-order valence-electron chi connectivity index (χ2n) is 6.18. The molecule has 5 heteroatoms. The van der Waals surface area contributed by atoms with Crippen molar-refractivity contribution in [3.8, 4) is 0 Å². The molecule has 0 radical (unpaired) electrons. The van der Waals surface area contributed by atoms with Crippen LogP contribution in [0, 0.1) is 6.92 Å². The van der Waals surface area contributed by atoms with Gasteiger partial charge >= 0.3 is 0 Å². The van der Waals surface area contributed by atoms with Crippen molar-refractivity contribution >= 4 is 5.65 Å². The Balaban J connectivity index is 1.48. The second-order valence-corrected chi connectivity index (χ2v) is 6.18. The molecule has 1 aromatic carbocycles. The van der Waals surface area contributed by atoms with Crippen LogP contribution in [-0.4, -0.2) is 25.9 Å². The van der Waals surface area contributed by atoms with Crippen LogP contribution in [0.3, 0.4) is 0 Å². The van der Waals surface area contributed by atoms with Gasteiger partial charge in [0, 0.05) is 37.8 Å². The van der Waals surface area contributed by atoms with Crippen molar-refractivity contribution in [2.24, 2.45) is 0 Å². The molecule has 126 valence electrons. The van der Waals surface area contributed by atoms with E-state index < -0.39 is 0 Å². The lowest BCUT2D eigenvalue weighted by Crippen LogP contribution is -2.25. The molecule has 0 aliphatic rings. The number of pyridine rings is 1. The highest BCUT2D eigenvalue weighted by Crippen LogP contribution is 2.18. The largest absolute Gasteiger partial charge is 0.347 e. The first kappa shape index (κ1) is 15.6. The Labute approximate surface area is 146 Å². The highest BCUT2D eigenvalue weighted by molar-refractivity contribution is 5.47. The maximum absolute atomic E-state index is 4.74. The van der Waals surface area contributed by atoms with E-state index in [2.05, 4.69) is 63.1 Å². The smallest absolute Gasteiger partial charge is 0.139 e. The van der Waals surface area contributed by atoms with Gasteiger partial charge in [-0.05, 0) is 24.1 Å². The average Bonchev–Trinajstić information content (AvgIpc) is 3.30. The minimum atomic E-state index is 0.0509. The molecule has 25 heavy (non-hydrogen) atoms. The minimum absolute atomic E-state index is 0.0509. The number of nitrogens with one attached hydrogen (secondary N) is 2. The van der Waals surface area contributed by atoms with Crippen LogP contribution < -0.4 is 5.32 Å². The van der Waals surface area contributed by atoms with Crippen molar-refractivity contribution in [1.82, 2.24) is 24.7 Å². The Kier molecular flexibility index (Phi) is 4.31. The van der Waals surface area contributed by atoms with Gasteiger partial charge in [-0.25, -0.2) is 9.97 Å². The molecular formula is C20H21N5. The van der Waals surface area contributed by atoms with Crippen LogP contribution in [0.4, 0.5) is 0 Å². The van der Waals surface area contributed by atoms with E-state index in [1.54, 1.807) is 6.20 Å². The van der Waals surface area contributed by atoms with Crippen LogP contribution in [0.5, 0.6) is 0 Å². The van der Waals surface area contributed by atoms with Gasteiger partial charge in [0.15, 0.2) is 0 Å². The number of H-pyrrole nitrogens is 1. The second kappa shape index (κ2) is 6.91. The molecule has 0 spiro atoms. The zero-order chi connectivity index (χ0) is 17.1. The van der Waals surface area contributed by atoms with Crippen LogP contribution in [0.2, 0.25) is 0 Å². The van der Waals surface area contributed by atoms with Crippen LogP contribution in [0.15, 0.2) is 67.3 Å². The monoisotopic (exact) mass is 331 g/mol. The van der Waals surface area contributed by atoms with Gasteiger partial charge in [-0.15, -0.1) is 0 Å². The number of imidazole rings is 2. The summed E-state index contributed by atoms with van der Waals surface area (Å²) in [4.78, 5) is 12.4. The number of hydrogen-bond acceptors (Lipinski definition) is 3. The molecule has 0 saturated carbocycles. The van der Waals surface area contributed by atoms with E-state index in [0.717, 1.165) is 30.1 Å². The first-order valence-corrected chi connectivity index (χ1v) is 8.52. The maximum atomic E-state index is 4.74. The lowest BCUT2D eigenvalue weighted by Gasteiger charge is -2.16. The molecule has 0 fully saturated rings. The molecule has 4 aromatic rings. The van der Waals surface area contributed by atoms with Gasteiger partial charge < -0.3 is 14.7 Å². The molecule has 3 heterocycles. The van der Waals surface area contributed by atoms with E-state index in [-0.39, 0.29) is 6.04 Å². The number of fused-ring (bicyclic) bond motifs is 1. The van der Waals surface area contributed by atoms with Gasteiger partial charge in [-0.2, -0.15) is 0 Å². The molecule has 0 bridgehead atoms. The summed E-state index contributed by atoms with van der Waals surface area (Å²) in [6, 6.07) is 14.6. The van der Waals surface area contributed by atoms with E-state index in [1.807, 2.05) is 24.5 Å². The predicted octanol–water partition coefficient (Wildman–Crippen LogP) is 3.29. The molecule has 0 saturated heterocycles. The van der Waals surface area contributed by atoms with E-state index in [9.17, 15) is 0 Å². The van der Waals surface area contributed by atoms with Gasteiger partial charge in [0.1, 0.15) is 11.5 Å². The van der Waals surface area contributed by atoms with Gasteiger partial charge in [-0.1, -0.05) is 36.4 Å². The first-order valence-electron chi connectivity index (χ1n) is 8.52. The van der Waals surface area contributed by atoms with Crippen molar-refractivity contribution in [2.75, 3.05) is 6.54 Å². The fourth-order valence-corrected chi connectivity index (χ4v) is 3.12. The summed E-state index contributed by atoms with van der Waals surface area (Å²) in [5.41, 5.74) is 4.51. The molecule has 3 aromatic heterocycles. The van der Waals surface area contributed by atoms with Crippen molar-refractivity contribution in [1.29, 1.82) is 0 Å². The Morgan fingerprint density at radius 3 is 2.80 bits per heavy atom. The van der Waals surface area contributed by atoms with Crippen LogP contribution in [0.1, 0.15) is 28.7 Å². The summed E-state index contributed by atoms with van der Waals surface area (Å²) in [5.74, 6) is 0.928. The Bertz CT molecular complexity index is 941. The van der Waals surface area contributed by atoms with Crippen molar-refractivity contribution in [3.63, 3.8) is 0 Å². The zero-order valence-electron chi connectivity index (χ0n) is 14.2. The van der Waals surface area contributed by atoms with Gasteiger partial charge in [0.2, 0.25) is 0 Å². The number of aromatic amines is 1. The summed E-state index contributed by atoms with van der Waals surface area (Å²) < 4.78 is 2.09. The predicted molar refractivity (Wildman–Crippen MR) is 98.5 cm³/mol. The Hall–Kier alpha value is -2.92. The molecule has 1 atom stereocenters. The molecule has 0 aliphatic heterocycles. The normalized spacial score (nSPS) is 12.5. The summed E-state index contributed by atoms with van der Waals surface area (Å²) in [6.07, 6.45) is 8.66. The van der Waals surface area contributed by atoms with E-state index in [0.29, 0.717) is 0 Å². The van der Waals surface area contributed by atoms with Crippen LogP contribution in [-0.2, 0) is 6.42 Å². The number of rotatable bonds is 6. The molecule has 5 nitrogen and oxygen atoms in total. The summed E-state index contributed by atoms with van der Waals surface area (Å²) in [7, 11) is 0. The maximum Gasteiger partial charge on any atom is 0.139 e. The van der Waals surface area contributed by atoms with Crippen molar-refractivity contribution in [2.45, 2.75) is 19.4 Å². The highest BCUT2D eigenvalue weighted by Gasteiger charge is 2.15. The standard InChI is InChI=1S/C20H21N5/c1-15-6-5-13-25-14-17(24-20(15)25)9-10-21-18(19-22-11-12-23-19)16-7-3-2-4-8-16/h2-8,11-14,18,21H,9-10H2,1H3,(H,22,23)/t18-/m1/s1. The summed E-state index contributed by atoms with van der Waals surface area (Å²) >= 11 is 0. The summed E-state index contributed by atoms with van der Waals surface area (Å²) in [6.45, 7) is 2.91. The van der Waals surface area contributed by atoms with Gasteiger partial charge in [-0.3, -0.25) is 0 Å². The lowest BCUT2D eigenvalue weighted by molar-refractivity contribution is 0.580. The molecule has 0 unspecified atom stereocenters. The topological polar surface area (TPSA) is 58.0 Å². The van der Waals surface area contributed by atoms with Gasteiger partial charge in [0.05, 0.1) is 11.7 Å². The quantitative estimate of drug-likeness (QED) is 0.570. The SMILES string of the molecule is Cc1cccn2cc(CCN[C@H](c3ccccc3)c3ncc[nH]3)nc12. The van der Waals surface area contributed by atoms with E-state index in [4.69, 9.17) is 4.98 Å². The highest BCUT2D eigenvalue weighted by atomic mass is 15.0. The lowest BCUT2D eigenvalue weighted by atomic mass is 10.1. The third kappa shape index (κ3) is 3.32. The van der Waals surface area contributed by atoms with Crippen LogP contribution >= 0.6 is 0 Å².